The van der Waals surface area contributed by atoms with E-state index in [-0.39, 0.29) is 18.6 Å². The Morgan fingerprint density at radius 3 is 2.88 bits per heavy atom. The summed E-state index contributed by atoms with van der Waals surface area (Å²) in [6, 6.07) is 15.7. The van der Waals surface area contributed by atoms with Gasteiger partial charge >= 0.3 is 0 Å². The van der Waals surface area contributed by atoms with Crippen LogP contribution in [0.25, 0.3) is 21.8 Å². The molecule has 1 aliphatic heterocycles. The molecule has 0 bridgehead atoms. The first kappa shape index (κ1) is 22.6. The van der Waals surface area contributed by atoms with Gasteiger partial charge in [-0.05, 0) is 56.5 Å². The Morgan fingerprint density at radius 2 is 2.03 bits per heavy atom. The number of fused-ring (bicyclic) bond motifs is 3. The van der Waals surface area contributed by atoms with Crippen molar-refractivity contribution in [3.63, 3.8) is 0 Å². The highest BCUT2D eigenvalue weighted by atomic mass is 16.3. The Kier molecular flexibility index (Phi) is 6.60. The molecule has 1 saturated heterocycles. The van der Waals surface area contributed by atoms with E-state index in [1.165, 1.54) is 27.4 Å². The van der Waals surface area contributed by atoms with Crippen molar-refractivity contribution < 1.29 is 9.90 Å². The van der Waals surface area contributed by atoms with Crippen LogP contribution in [0, 0.1) is 0 Å². The molecule has 5 rings (SSSR count). The topological polar surface area (TPSA) is 88.2 Å². The number of aliphatic hydroxyl groups excluding tert-OH is 1. The van der Waals surface area contributed by atoms with E-state index in [2.05, 4.69) is 74.5 Å². The molecule has 8 heteroatoms. The quantitative estimate of drug-likeness (QED) is 0.394. The molecule has 0 saturated carbocycles. The summed E-state index contributed by atoms with van der Waals surface area (Å²) >= 11 is 0. The summed E-state index contributed by atoms with van der Waals surface area (Å²) in [5, 5.41) is 22.6. The lowest BCUT2D eigenvalue weighted by atomic mass is 10.0. The van der Waals surface area contributed by atoms with Crippen molar-refractivity contribution in [1.29, 1.82) is 0 Å². The highest BCUT2D eigenvalue weighted by Crippen LogP contribution is 2.30. The molecule has 2 N–H and O–H groups in total. The third kappa shape index (κ3) is 4.43. The fraction of sp³-hybridized carbons (Fsp3) is 0.423. The summed E-state index contributed by atoms with van der Waals surface area (Å²) in [7, 11) is 0. The first-order valence-corrected chi connectivity index (χ1v) is 12.2. The van der Waals surface area contributed by atoms with Crippen LogP contribution in [0.15, 0.2) is 48.7 Å². The molecule has 2 aromatic carbocycles. The highest BCUT2D eigenvalue weighted by Gasteiger charge is 2.24. The van der Waals surface area contributed by atoms with Gasteiger partial charge in [0.2, 0.25) is 0 Å². The Morgan fingerprint density at radius 1 is 1.18 bits per heavy atom. The number of hydrogen-bond acceptors (Lipinski definition) is 5. The summed E-state index contributed by atoms with van der Waals surface area (Å²) in [5.41, 5.74) is 4.22. The number of likely N-dealkylation sites (tertiary alicyclic amines) is 1. The molecule has 0 radical (unpaired) electrons. The van der Waals surface area contributed by atoms with Crippen molar-refractivity contribution in [2.75, 3.05) is 26.2 Å². The van der Waals surface area contributed by atoms with Crippen LogP contribution in [-0.2, 0) is 13.1 Å². The molecular formula is C26H32N6O2. The molecule has 1 aliphatic rings. The van der Waals surface area contributed by atoms with E-state index < -0.39 is 0 Å². The number of para-hydroxylation sites is 1. The molecule has 1 fully saturated rings. The minimum atomic E-state index is -0.244. The Bertz CT molecular complexity index is 1290. The normalized spacial score (nSPS) is 16.9. The van der Waals surface area contributed by atoms with Crippen molar-refractivity contribution >= 4 is 27.7 Å². The third-order valence-electron chi connectivity index (χ3n) is 6.78. The second-order valence-corrected chi connectivity index (χ2v) is 9.06. The number of aryl methyl sites for hydroxylation is 1. The summed E-state index contributed by atoms with van der Waals surface area (Å²) in [4.78, 5) is 14.7. The van der Waals surface area contributed by atoms with Gasteiger partial charge in [-0.15, -0.1) is 5.10 Å². The predicted molar refractivity (Wildman–Crippen MR) is 133 cm³/mol. The van der Waals surface area contributed by atoms with Gasteiger partial charge < -0.3 is 15.0 Å². The molecule has 1 unspecified atom stereocenters. The fourth-order valence-corrected chi connectivity index (χ4v) is 5.12. The number of carbonyl (C=O) groups excluding carboxylic acids is 1. The molecular weight excluding hydrogens is 428 g/mol. The Balaban J connectivity index is 1.29. The first-order chi connectivity index (χ1) is 16.7. The van der Waals surface area contributed by atoms with Crippen LogP contribution in [0.5, 0.6) is 0 Å². The van der Waals surface area contributed by atoms with Crippen LogP contribution in [0.2, 0.25) is 0 Å². The molecule has 0 spiro atoms. The van der Waals surface area contributed by atoms with E-state index in [4.69, 9.17) is 5.11 Å². The predicted octanol–water partition coefficient (Wildman–Crippen LogP) is 3.36. The standard InChI is InChI=1S/C26H32N6O2/c1-2-31-24-9-4-3-8-21(24)22-15-19(10-11-25(22)31)16-30-13-5-7-20(17-30)32-18-23(28-29-32)26(34)27-12-6-14-33/h3-4,8-11,15,18,20,33H,2,5-7,12-14,16-17H2,1H3,(H,27,34). The fourth-order valence-electron chi connectivity index (χ4n) is 5.12. The number of hydrogen-bond donors (Lipinski definition) is 2. The van der Waals surface area contributed by atoms with Crippen LogP contribution < -0.4 is 5.32 Å². The summed E-state index contributed by atoms with van der Waals surface area (Å²) in [5.74, 6) is -0.244. The number of piperidine rings is 1. The van der Waals surface area contributed by atoms with E-state index >= 15 is 0 Å². The lowest BCUT2D eigenvalue weighted by Crippen LogP contribution is -2.36. The lowest BCUT2D eigenvalue weighted by Gasteiger charge is -2.32. The number of carbonyl (C=O) groups is 1. The molecule has 4 aromatic rings. The van der Waals surface area contributed by atoms with E-state index in [0.29, 0.717) is 18.7 Å². The van der Waals surface area contributed by atoms with Crippen LogP contribution in [0.1, 0.15) is 48.3 Å². The van der Waals surface area contributed by atoms with E-state index in [9.17, 15) is 4.79 Å². The van der Waals surface area contributed by atoms with Gasteiger partial charge in [0.05, 0.1) is 12.2 Å². The van der Waals surface area contributed by atoms with Crippen molar-refractivity contribution in [2.24, 2.45) is 0 Å². The number of aliphatic hydroxyl groups is 1. The smallest absolute Gasteiger partial charge is 0.273 e. The maximum Gasteiger partial charge on any atom is 0.273 e. The molecule has 34 heavy (non-hydrogen) atoms. The molecule has 178 valence electrons. The Labute approximate surface area is 199 Å². The van der Waals surface area contributed by atoms with E-state index in [1.807, 2.05) is 4.68 Å². The van der Waals surface area contributed by atoms with Gasteiger partial charge in [-0.1, -0.05) is 29.5 Å². The van der Waals surface area contributed by atoms with Gasteiger partial charge in [0.1, 0.15) is 0 Å². The SMILES string of the molecule is CCn1c2ccccc2c2cc(CN3CCCC(n4cc(C(=O)NCCCO)nn4)C3)ccc21. The molecule has 2 aromatic heterocycles. The van der Waals surface area contributed by atoms with Gasteiger partial charge in [-0.3, -0.25) is 9.69 Å². The zero-order valence-electron chi connectivity index (χ0n) is 19.7. The number of nitrogens with zero attached hydrogens (tertiary/aromatic N) is 5. The van der Waals surface area contributed by atoms with Gasteiger partial charge in [-0.2, -0.15) is 0 Å². The molecule has 1 atom stereocenters. The maximum absolute atomic E-state index is 12.2. The minimum Gasteiger partial charge on any atom is -0.396 e. The Hall–Kier alpha value is -3.23. The molecule has 0 aliphatic carbocycles. The summed E-state index contributed by atoms with van der Waals surface area (Å²) < 4.78 is 4.22. The second-order valence-electron chi connectivity index (χ2n) is 9.06. The summed E-state index contributed by atoms with van der Waals surface area (Å²) in [6.07, 6.45) is 4.38. The lowest BCUT2D eigenvalue weighted by molar-refractivity contribution is 0.0946. The third-order valence-corrected chi connectivity index (χ3v) is 6.78. The second kappa shape index (κ2) is 9.95. The zero-order chi connectivity index (χ0) is 23.5. The van der Waals surface area contributed by atoms with Gasteiger partial charge in [0.15, 0.2) is 5.69 Å². The number of aromatic nitrogens is 4. The monoisotopic (exact) mass is 460 g/mol. The van der Waals surface area contributed by atoms with Crippen LogP contribution in [0.4, 0.5) is 0 Å². The van der Waals surface area contributed by atoms with Gasteiger partial charge in [0.25, 0.3) is 5.91 Å². The maximum atomic E-state index is 12.2. The van der Waals surface area contributed by atoms with Crippen molar-refractivity contribution in [3.8, 4) is 0 Å². The first-order valence-electron chi connectivity index (χ1n) is 12.2. The molecule has 1 amide bonds. The number of nitrogens with one attached hydrogen (secondary N) is 1. The highest BCUT2D eigenvalue weighted by molar-refractivity contribution is 6.08. The van der Waals surface area contributed by atoms with Crippen molar-refractivity contribution in [1.82, 2.24) is 29.8 Å². The molecule has 3 heterocycles. The summed E-state index contributed by atoms with van der Waals surface area (Å²) in [6.45, 7) is 6.46. The average Bonchev–Trinajstić information content (AvgIpc) is 3.48. The van der Waals surface area contributed by atoms with Gasteiger partial charge in [0, 0.05) is 54.6 Å². The van der Waals surface area contributed by atoms with Crippen LogP contribution in [0.3, 0.4) is 0 Å². The van der Waals surface area contributed by atoms with E-state index in [1.54, 1.807) is 6.20 Å². The average molecular weight is 461 g/mol. The van der Waals surface area contributed by atoms with Crippen LogP contribution in [-0.4, -0.2) is 61.7 Å². The molecule has 8 nitrogen and oxygen atoms in total. The van der Waals surface area contributed by atoms with Crippen molar-refractivity contribution in [2.45, 2.75) is 45.3 Å². The largest absolute Gasteiger partial charge is 0.396 e. The minimum absolute atomic E-state index is 0.0540. The van der Waals surface area contributed by atoms with Gasteiger partial charge in [-0.25, -0.2) is 4.68 Å². The van der Waals surface area contributed by atoms with E-state index in [0.717, 1.165) is 39.0 Å². The number of amides is 1. The number of rotatable bonds is 8. The zero-order valence-corrected chi connectivity index (χ0v) is 19.7. The van der Waals surface area contributed by atoms with Crippen molar-refractivity contribution in [3.05, 3.63) is 59.9 Å². The van der Waals surface area contributed by atoms with Crippen LogP contribution >= 0.6 is 0 Å². The number of benzene rings is 2.